The number of carbonyl (C=O) groups excluding carboxylic acids is 3. The Kier molecular flexibility index (Phi) is 11.0. The van der Waals surface area contributed by atoms with Crippen LogP contribution in [0.2, 0.25) is 0 Å². The molecular weight excluding hydrogens is 618 g/mol. The number of nitrogens with one attached hydrogen (secondary N) is 4. The van der Waals surface area contributed by atoms with Crippen molar-refractivity contribution in [2.24, 2.45) is 5.73 Å². The predicted molar refractivity (Wildman–Crippen MR) is 187 cm³/mol. The highest BCUT2D eigenvalue weighted by atomic mass is 16.4. The van der Waals surface area contributed by atoms with E-state index in [1.165, 1.54) is 0 Å². The van der Waals surface area contributed by atoms with Crippen LogP contribution in [-0.4, -0.2) is 44.8 Å². The maximum Gasteiger partial charge on any atom is 0.303 e. The summed E-state index contributed by atoms with van der Waals surface area (Å²) >= 11 is 0. The molecule has 0 bridgehead atoms. The van der Waals surface area contributed by atoms with Crippen LogP contribution in [0.15, 0.2) is 140 Å². The van der Waals surface area contributed by atoms with Gasteiger partial charge in [0.15, 0.2) is 0 Å². The van der Waals surface area contributed by atoms with Crippen LogP contribution in [0.5, 0.6) is 0 Å². The van der Waals surface area contributed by atoms with E-state index < -0.39 is 23.5 Å². The molecule has 0 aliphatic heterocycles. The number of fused-ring (bicyclic) bond motifs is 1. The van der Waals surface area contributed by atoms with Crippen LogP contribution in [0.25, 0.3) is 10.9 Å². The highest BCUT2D eigenvalue weighted by Crippen LogP contribution is 2.36. The van der Waals surface area contributed by atoms with Crippen molar-refractivity contribution in [1.82, 2.24) is 20.6 Å². The summed E-state index contributed by atoms with van der Waals surface area (Å²) in [6, 6.07) is 39.5. The van der Waals surface area contributed by atoms with E-state index >= 15 is 0 Å². The molecule has 1 atom stereocenters. The molecule has 6 aromatic rings. The van der Waals surface area contributed by atoms with Gasteiger partial charge < -0.3 is 31.4 Å². The van der Waals surface area contributed by atoms with Gasteiger partial charge in [0.25, 0.3) is 5.91 Å². The smallest absolute Gasteiger partial charge is 0.303 e. The number of benzene rings is 4. The number of nitrogens with two attached hydrogens (primary N) is 1. The molecular formula is C39H37N5O5. The number of para-hydroxylation sites is 1. The normalized spacial score (nSPS) is 11.5. The fraction of sp³-hybridized carbons (Fsp3) is 0.128. The molecule has 248 valence electrons. The molecule has 6 rings (SSSR count). The van der Waals surface area contributed by atoms with E-state index in [0.29, 0.717) is 12.1 Å². The lowest BCUT2D eigenvalue weighted by atomic mass is 9.77. The van der Waals surface area contributed by atoms with Crippen molar-refractivity contribution in [3.63, 3.8) is 0 Å². The topological polar surface area (TPSA) is 170 Å². The fourth-order valence-electron chi connectivity index (χ4n) is 5.72. The van der Waals surface area contributed by atoms with Gasteiger partial charge in [0.2, 0.25) is 11.8 Å². The average molecular weight is 656 g/mol. The number of hydrogen-bond acceptors (Lipinski definition) is 4. The van der Waals surface area contributed by atoms with Crippen LogP contribution < -0.4 is 16.4 Å². The number of aromatic amines is 2. The number of carboxylic acid groups (broad SMARTS) is 1. The van der Waals surface area contributed by atoms with Gasteiger partial charge in [-0.25, -0.2) is 0 Å². The quantitative estimate of drug-likeness (QED) is 0.0984. The molecule has 0 aliphatic rings. The van der Waals surface area contributed by atoms with E-state index in [9.17, 15) is 19.2 Å². The van der Waals surface area contributed by atoms with Crippen molar-refractivity contribution in [3.05, 3.63) is 168 Å². The maximum absolute atomic E-state index is 12.7. The minimum absolute atomic E-state index is 0.0798. The minimum atomic E-state index is -0.991. The summed E-state index contributed by atoms with van der Waals surface area (Å²) in [7, 11) is 0. The molecule has 10 nitrogen and oxygen atoms in total. The Bertz CT molecular complexity index is 1890. The Morgan fingerprint density at radius 1 is 0.694 bits per heavy atom. The maximum atomic E-state index is 12.7. The molecule has 2 aromatic heterocycles. The van der Waals surface area contributed by atoms with Gasteiger partial charge in [0.05, 0.1) is 6.42 Å². The van der Waals surface area contributed by atoms with Crippen LogP contribution in [0.4, 0.5) is 0 Å². The monoisotopic (exact) mass is 655 g/mol. The van der Waals surface area contributed by atoms with Crippen LogP contribution in [-0.2, 0) is 26.3 Å². The van der Waals surface area contributed by atoms with Gasteiger partial charge in [-0.3, -0.25) is 19.2 Å². The van der Waals surface area contributed by atoms with Crippen molar-refractivity contribution in [1.29, 1.82) is 0 Å². The number of carbonyl (C=O) groups is 4. The third-order valence-electron chi connectivity index (χ3n) is 8.10. The third kappa shape index (κ3) is 8.30. The summed E-state index contributed by atoms with van der Waals surface area (Å²) in [4.78, 5) is 53.3. The zero-order valence-corrected chi connectivity index (χ0v) is 26.6. The zero-order chi connectivity index (χ0) is 34.6. The second-order valence-corrected chi connectivity index (χ2v) is 11.4. The number of primary amides is 1. The van der Waals surface area contributed by atoms with E-state index in [1.807, 2.05) is 121 Å². The lowest BCUT2D eigenvalue weighted by Crippen LogP contribution is -2.47. The summed E-state index contributed by atoms with van der Waals surface area (Å²) in [5.41, 5.74) is 9.56. The number of hydrogen-bond donors (Lipinski definition) is 6. The lowest BCUT2D eigenvalue weighted by molar-refractivity contribution is -0.139. The van der Waals surface area contributed by atoms with Gasteiger partial charge in [-0.05, 0) is 40.5 Å². The van der Waals surface area contributed by atoms with Crippen LogP contribution in [0.1, 0.15) is 45.6 Å². The summed E-state index contributed by atoms with van der Waals surface area (Å²) in [5.74, 6) is -2.22. The molecule has 10 heteroatoms. The van der Waals surface area contributed by atoms with Crippen molar-refractivity contribution < 1.29 is 24.3 Å². The number of H-pyrrole nitrogens is 2. The molecule has 0 aliphatic carbocycles. The predicted octanol–water partition coefficient (Wildman–Crippen LogP) is 5.28. The van der Waals surface area contributed by atoms with Crippen LogP contribution >= 0.6 is 0 Å². The number of rotatable bonds is 12. The summed E-state index contributed by atoms with van der Waals surface area (Å²) in [5, 5.41) is 15.7. The first-order valence-corrected chi connectivity index (χ1v) is 15.8. The highest BCUT2D eigenvalue weighted by Gasteiger charge is 2.37. The third-order valence-corrected chi connectivity index (χ3v) is 8.10. The molecule has 0 saturated carbocycles. The molecule has 0 fully saturated rings. The number of amides is 3. The number of aromatic nitrogens is 2. The van der Waals surface area contributed by atoms with Crippen molar-refractivity contribution in [3.8, 4) is 0 Å². The van der Waals surface area contributed by atoms with E-state index in [2.05, 4.69) is 20.6 Å². The van der Waals surface area contributed by atoms with Crippen LogP contribution in [0.3, 0.4) is 0 Å². The highest BCUT2D eigenvalue weighted by molar-refractivity contribution is 5.96. The number of aliphatic carboxylic acids is 1. The second kappa shape index (κ2) is 15.9. The fourth-order valence-corrected chi connectivity index (χ4v) is 5.72. The van der Waals surface area contributed by atoms with E-state index in [-0.39, 0.29) is 24.7 Å². The molecule has 49 heavy (non-hydrogen) atoms. The van der Waals surface area contributed by atoms with Crippen molar-refractivity contribution in [2.75, 3.05) is 0 Å². The minimum Gasteiger partial charge on any atom is -0.481 e. The summed E-state index contributed by atoms with van der Waals surface area (Å²) in [6.07, 6.45) is 3.53. The first kappa shape index (κ1) is 33.9. The molecule has 0 spiro atoms. The largest absolute Gasteiger partial charge is 0.481 e. The molecule has 3 amide bonds. The Labute approximate surface area is 283 Å². The molecule has 4 aromatic carbocycles. The molecule has 7 N–H and O–H groups in total. The second-order valence-electron chi connectivity index (χ2n) is 11.4. The Morgan fingerprint density at radius 3 is 1.76 bits per heavy atom. The van der Waals surface area contributed by atoms with Gasteiger partial charge in [-0.15, -0.1) is 0 Å². The van der Waals surface area contributed by atoms with Gasteiger partial charge in [0.1, 0.15) is 17.3 Å². The van der Waals surface area contributed by atoms with Crippen molar-refractivity contribution in [2.45, 2.75) is 30.8 Å². The zero-order valence-electron chi connectivity index (χ0n) is 26.6. The van der Waals surface area contributed by atoms with Gasteiger partial charge in [-0.2, -0.15) is 0 Å². The number of carboxylic acids is 1. The Balaban J connectivity index is 0.000000195. The summed E-state index contributed by atoms with van der Waals surface area (Å²) in [6.45, 7) is 0. The van der Waals surface area contributed by atoms with E-state index in [4.69, 9.17) is 10.8 Å². The van der Waals surface area contributed by atoms with E-state index in [1.54, 1.807) is 18.3 Å². The first-order valence-electron chi connectivity index (χ1n) is 15.8. The average Bonchev–Trinajstić information content (AvgIpc) is 3.82. The Hall–Kier alpha value is -6.42. The lowest BCUT2D eigenvalue weighted by Gasteiger charge is -2.37. The van der Waals surface area contributed by atoms with Crippen molar-refractivity contribution >= 4 is 34.6 Å². The SMILES string of the molecule is NC(=O)C(Cc1c[nH]c2ccccc12)NC(=O)c1ccc[nH]1.O=C(O)CCC(=O)NC(c1ccccc1)(c1ccccc1)c1ccccc1. The Morgan fingerprint density at radius 2 is 1.24 bits per heavy atom. The van der Waals surface area contributed by atoms with Gasteiger partial charge >= 0.3 is 5.97 Å². The molecule has 1 unspecified atom stereocenters. The van der Waals surface area contributed by atoms with E-state index in [0.717, 1.165) is 33.2 Å². The molecule has 0 radical (unpaired) electrons. The molecule has 2 heterocycles. The van der Waals surface area contributed by atoms with Crippen LogP contribution in [0, 0.1) is 0 Å². The van der Waals surface area contributed by atoms with Gasteiger partial charge in [0, 0.05) is 36.1 Å². The summed E-state index contributed by atoms with van der Waals surface area (Å²) < 4.78 is 0. The standard InChI is InChI=1S/C23H21NO3.C16H16N4O2/c25-21(16-17-22(26)27)24-23(18-10-4-1-5-11-18,19-12-6-2-7-13-19)20-14-8-3-9-15-20;17-15(21)14(20-16(22)13-6-3-7-18-13)8-10-9-19-12-5-2-1-4-11(10)12/h1-15H,16-17H2,(H,24,25)(H,26,27);1-7,9,14,18-19H,8H2,(H2,17,21)(H,20,22). The first-order chi connectivity index (χ1) is 23.8. The molecule has 0 saturated heterocycles. The van der Waals surface area contributed by atoms with Gasteiger partial charge in [-0.1, -0.05) is 109 Å².